The zero-order valence-electron chi connectivity index (χ0n) is 19.8. The molecule has 3 aromatic heterocycles. The molecular formula is C24H31N9O2. The molecule has 5 heterocycles. The van der Waals surface area contributed by atoms with Crippen LogP contribution in [0.4, 0.5) is 11.9 Å². The van der Waals surface area contributed by atoms with Crippen molar-refractivity contribution in [1.29, 1.82) is 0 Å². The number of rotatable bonds is 4. The van der Waals surface area contributed by atoms with Gasteiger partial charge >= 0.3 is 0 Å². The third-order valence-corrected chi connectivity index (χ3v) is 8.55. The number of carbonyl (C=O) groups is 1. The topological polar surface area (TPSA) is 122 Å². The highest BCUT2D eigenvalue weighted by Crippen LogP contribution is 2.46. The molecule has 184 valence electrons. The second-order valence-corrected chi connectivity index (χ2v) is 10.5. The van der Waals surface area contributed by atoms with E-state index in [-0.39, 0.29) is 17.9 Å². The van der Waals surface area contributed by atoms with Gasteiger partial charge in [-0.25, -0.2) is 0 Å². The average molecular weight is 478 g/mol. The van der Waals surface area contributed by atoms with Gasteiger partial charge in [0.2, 0.25) is 23.6 Å². The minimum absolute atomic E-state index is 0.176. The largest absolute Gasteiger partial charge is 0.461 e. The van der Waals surface area contributed by atoms with Crippen molar-refractivity contribution in [3.63, 3.8) is 0 Å². The van der Waals surface area contributed by atoms with E-state index >= 15 is 0 Å². The molecule has 0 aromatic carbocycles. The smallest absolute Gasteiger partial charge is 0.259 e. The molecule has 2 saturated heterocycles. The Bertz CT molecular complexity index is 1230. The van der Waals surface area contributed by atoms with E-state index in [0.717, 1.165) is 63.4 Å². The molecule has 2 saturated carbocycles. The van der Waals surface area contributed by atoms with Crippen LogP contribution in [-0.2, 0) is 4.79 Å². The number of aromatic nitrogens is 5. The first-order valence-electron chi connectivity index (χ1n) is 12.9. The van der Waals surface area contributed by atoms with Gasteiger partial charge in [-0.3, -0.25) is 9.69 Å². The van der Waals surface area contributed by atoms with Crippen molar-refractivity contribution in [2.45, 2.75) is 50.6 Å². The molecule has 1 amide bonds. The summed E-state index contributed by atoms with van der Waals surface area (Å²) in [5.41, 5.74) is 6.21. The number of hydrogen-bond acceptors (Lipinski definition) is 9. The Kier molecular flexibility index (Phi) is 4.93. The Labute approximate surface area is 203 Å². The zero-order chi connectivity index (χ0) is 23.5. The third-order valence-electron chi connectivity index (χ3n) is 8.55. The van der Waals surface area contributed by atoms with Crippen LogP contribution in [0.25, 0.3) is 17.4 Å². The molecule has 7 rings (SSSR count). The van der Waals surface area contributed by atoms with E-state index in [9.17, 15) is 4.79 Å². The first-order valence-corrected chi connectivity index (χ1v) is 12.9. The van der Waals surface area contributed by atoms with E-state index in [1.165, 1.54) is 30.2 Å². The molecular weight excluding hydrogens is 446 g/mol. The van der Waals surface area contributed by atoms with Crippen LogP contribution < -0.4 is 10.6 Å². The van der Waals surface area contributed by atoms with Gasteiger partial charge in [0.05, 0.1) is 6.26 Å². The molecule has 2 bridgehead atoms. The molecule has 11 nitrogen and oxygen atoms in total. The zero-order valence-corrected chi connectivity index (χ0v) is 19.8. The Hall–Kier alpha value is -3.21. The van der Waals surface area contributed by atoms with Gasteiger partial charge in [0.15, 0.2) is 5.76 Å². The Morgan fingerprint density at radius 1 is 1.03 bits per heavy atom. The summed E-state index contributed by atoms with van der Waals surface area (Å²) >= 11 is 0. The van der Waals surface area contributed by atoms with Crippen molar-refractivity contribution in [1.82, 2.24) is 34.4 Å². The molecule has 4 atom stereocenters. The molecule has 2 aliphatic carbocycles. The fraction of sp³-hybridized carbons (Fsp3) is 0.625. The van der Waals surface area contributed by atoms with Gasteiger partial charge in [0.1, 0.15) is 6.04 Å². The maximum absolute atomic E-state index is 13.6. The van der Waals surface area contributed by atoms with Gasteiger partial charge in [0, 0.05) is 38.8 Å². The number of nitrogens with two attached hydrogens (primary N) is 1. The number of anilines is 2. The van der Waals surface area contributed by atoms with E-state index in [2.05, 4.69) is 25.0 Å². The quantitative estimate of drug-likeness (QED) is 0.598. The van der Waals surface area contributed by atoms with E-state index in [1.807, 2.05) is 9.80 Å². The predicted octanol–water partition coefficient (Wildman–Crippen LogP) is 1.66. The van der Waals surface area contributed by atoms with Crippen molar-refractivity contribution < 1.29 is 9.21 Å². The molecule has 0 spiro atoms. The fourth-order valence-electron chi connectivity index (χ4n) is 6.84. The van der Waals surface area contributed by atoms with Crippen molar-refractivity contribution in [3.05, 3.63) is 18.4 Å². The summed E-state index contributed by atoms with van der Waals surface area (Å²) < 4.78 is 6.80. The van der Waals surface area contributed by atoms with Crippen LogP contribution in [0, 0.1) is 11.8 Å². The molecule has 2 aliphatic heterocycles. The van der Waals surface area contributed by atoms with Gasteiger partial charge in [-0.15, -0.1) is 5.10 Å². The molecule has 4 fully saturated rings. The summed E-state index contributed by atoms with van der Waals surface area (Å²) in [6.45, 7) is 4.29. The highest BCUT2D eigenvalue weighted by Gasteiger charge is 2.44. The summed E-state index contributed by atoms with van der Waals surface area (Å²) in [5.74, 6) is 3.91. The summed E-state index contributed by atoms with van der Waals surface area (Å²) in [7, 11) is 0. The lowest BCUT2D eigenvalue weighted by atomic mass is 9.93. The normalized spacial score (nSPS) is 29.0. The minimum Gasteiger partial charge on any atom is -0.461 e. The summed E-state index contributed by atoms with van der Waals surface area (Å²) in [6.07, 6.45) is 8.89. The van der Waals surface area contributed by atoms with Crippen molar-refractivity contribution >= 4 is 23.6 Å². The number of amides is 1. The Morgan fingerprint density at radius 3 is 2.66 bits per heavy atom. The maximum Gasteiger partial charge on any atom is 0.259 e. The van der Waals surface area contributed by atoms with Crippen molar-refractivity contribution in [2.75, 3.05) is 43.4 Å². The lowest BCUT2D eigenvalue weighted by Crippen LogP contribution is -2.56. The number of carbonyl (C=O) groups excluding carboxylic acids is 1. The Balaban J connectivity index is 1.07. The number of nitrogens with zero attached hydrogens (tertiary/aromatic N) is 8. The summed E-state index contributed by atoms with van der Waals surface area (Å²) in [6, 6.07) is 4.04. The van der Waals surface area contributed by atoms with Gasteiger partial charge in [0.25, 0.3) is 5.78 Å². The lowest BCUT2D eigenvalue weighted by Gasteiger charge is -2.42. The second-order valence-electron chi connectivity index (χ2n) is 10.5. The van der Waals surface area contributed by atoms with Crippen LogP contribution in [0.2, 0.25) is 0 Å². The number of furan rings is 1. The number of nitrogen functional groups attached to an aromatic ring is 1. The third kappa shape index (κ3) is 3.55. The monoisotopic (exact) mass is 477 g/mol. The van der Waals surface area contributed by atoms with Gasteiger partial charge in [-0.2, -0.15) is 19.5 Å². The summed E-state index contributed by atoms with van der Waals surface area (Å²) in [4.78, 5) is 33.8. The van der Waals surface area contributed by atoms with E-state index in [0.29, 0.717) is 23.3 Å². The molecule has 3 unspecified atom stereocenters. The lowest BCUT2D eigenvalue weighted by molar-refractivity contribution is -0.134. The maximum atomic E-state index is 13.6. The highest BCUT2D eigenvalue weighted by atomic mass is 16.3. The van der Waals surface area contributed by atoms with Crippen molar-refractivity contribution in [2.24, 2.45) is 11.8 Å². The van der Waals surface area contributed by atoms with Crippen LogP contribution in [-0.4, -0.2) is 85.1 Å². The van der Waals surface area contributed by atoms with E-state index in [1.54, 1.807) is 18.4 Å². The van der Waals surface area contributed by atoms with Crippen LogP contribution in [0.15, 0.2) is 22.8 Å². The number of fused-ring (bicyclic) bond motifs is 3. The van der Waals surface area contributed by atoms with Crippen LogP contribution in [0.1, 0.15) is 38.5 Å². The first kappa shape index (κ1) is 21.1. The number of hydrogen-bond donors (Lipinski definition) is 1. The molecule has 11 heteroatoms. The highest BCUT2D eigenvalue weighted by molar-refractivity contribution is 5.85. The molecule has 3 aromatic rings. The molecule has 0 radical (unpaired) electrons. The minimum atomic E-state index is -0.265. The van der Waals surface area contributed by atoms with Crippen LogP contribution >= 0.6 is 0 Å². The van der Waals surface area contributed by atoms with E-state index < -0.39 is 0 Å². The Morgan fingerprint density at radius 2 is 1.91 bits per heavy atom. The van der Waals surface area contributed by atoms with Gasteiger partial charge in [-0.1, -0.05) is 6.42 Å². The second kappa shape index (κ2) is 8.18. The van der Waals surface area contributed by atoms with Gasteiger partial charge < -0.3 is 20.0 Å². The molecule has 4 aliphatic rings. The standard InChI is InChI=1S/C24H31N9O2/c25-22-27-23(28-24-26-20(29-33(22)24)19-4-2-12-35-19)32-7-1-3-17(32)21(34)31-10-8-30(9-11-31)18-14-15-5-6-16(18)13-15/h2,4,12,15-18H,1,3,5-11,13-14H2,(H2,25,26,27,28,29)/t15?,16?,17-,18?/m0/s1. The first-order chi connectivity index (χ1) is 17.1. The van der Waals surface area contributed by atoms with Gasteiger partial charge in [-0.05, 0) is 56.1 Å². The average Bonchev–Trinajstić information content (AvgIpc) is 3.71. The molecule has 2 N–H and O–H groups in total. The number of piperazine rings is 1. The fourth-order valence-corrected chi connectivity index (χ4v) is 6.84. The SMILES string of the molecule is Nc1nc(N2CCC[C@H]2C(=O)N2CCN(C3CC4CCC3C4)CC2)nc2nc(-c3ccco3)nn12. The molecule has 35 heavy (non-hydrogen) atoms. The van der Waals surface area contributed by atoms with Crippen molar-refractivity contribution in [3.8, 4) is 11.6 Å². The van der Waals surface area contributed by atoms with Crippen LogP contribution in [0.5, 0.6) is 0 Å². The van der Waals surface area contributed by atoms with Crippen LogP contribution in [0.3, 0.4) is 0 Å². The predicted molar refractivity (Wildman–Crippen MR) is 128 cm³/mol. The van der Waals surface area contributed by atoms with E-state index in [4.69, 9.17) is 10.2 Å². The summed E-state index contributed by atoms with van der Waals surface area (Å²) in [5, 5.41) is 4.37.